The molecule has 6 nitrogen and oxygen atoms in total. The van der Waals surface area contributed by atoms with Gasteiger partial charge in [-0.25, -0.2) is 8.42 Å². The summed E-state index contributed by atoms with van der Waals surface area (Å²) in [4.78, 5) is 14.5. The summed E-state index contributed by atoms with van der Waals surface area (Å²) in [5.41, 5.74) is 2.99. The molecule has 1 aliphatic rings. The van der Waals surface area contributed by atoms with Crippen LogP contribution in [0.2, 0.25) is 0 Å². The van der Waals surface area contributed by atoms with Crippen molar-refractivity contribution in [3.05, 3.63) is 71.1 Å². The van der Waals surface area contributed by atoms with Crippen LogP contribution in [0, 0.1) is 5.92 Å². The number of carbonyl (C=O) groups is 1. The van der Waals surface area contributed by atoms with E-state index >= 15 is 0 Å². The van der Waals surface area contributed by atoms with Gasteiger partial charge in [0.2, 0.25) is 15.9 Å². The molecule has 1 fully saturated rings. The summed E-state index contributed by atoms with van der Waals surface area (Å²) in [5.74, 6) is -0.167. The van der Waals surface area contributed by atoms with E-state index in [2.05, 4.69) is 5.32 Å². The fourth-order valence-electron chi connectivity index (χ4n) is 3.43. The van der Waals surface area contributed by atoms with Gasteiger partial charge in [-0.15, -0.1) is 0 Å². The van der Waals surface area contributed by atoms with Gasteiger partial charge in [-0.3, -0.25) is 4.79 Å². The molecule has 1 amide bonds. The van der Waals surface area contributed by atoms with Crippen molar-refractivity contribution in [1.29, 1.82) is 0 Å². The van der Waals surface area contributed by atoms with Crippen LogP contribution in [-0.4, -0.2) is 45.8 Å². The Labute approximate surface area is 179 Å². The van der Waals surface area contributed by atoms with Crippen molar-refractivity contribution in [3.8, 4) is 0 Å². The highest BCUT2D eigenvalue weighted by Crippen LogP contribution is 2.21. The zero-order chi connectivity index (χ0) is 21.6. The Bertz CT molecular complexity index is 963. The number of nitrogens with zero attached hydrogens (tertiary/aromatic N) is 2. The summed E-state index contributed by atoms with van der Waals surface area (Å²) in [6, 6.07) is 17.4. The lowest BCUT2D eigenvalue weighted by molar-refractivity contribution is -0.126. The van der Waals surface area contributed by atoms with E-state index in [1.165, 1.54) is 9.71 Å². The highest BCUT2D eigenvalue weighted by atomic mass is 32.2. The molecule has 0 atom stereocenters. The third-order valence-electron chi connectivity index (χ3n) is 5.34. The summed E-state index contributed by atoms with van der Waals surface area (Å²) < 4.78 is 26.6. The van der Waals surface area contributed by atoms with Crippen molar-refractivity contribution >= 4 is 27.7 Å². The predicted octanol–water partition coefficient (Wildman–Crippen LogP) is 3.08. The van der Waals surface area contributed by atoms with Crippen LogP contribution < -0.4 is 10.2 Å². The molecule has 160 valence electrons. The fourth-order valence-corrected chi connectivity index (χ4v) is 4.65. The number of hydrogen-bond acceptors (Lipinski definition) is 4. The van der Waals surface area contributed by atoms with Crippen LogP contribution in [-0.2, 0) is 21.4 Å². The second-order valence-corrected chi connectivity index (χ2v) is 9.53. The van der Waals surface area contributed by atoms with Crippen LogP contribution in [0.5, 0.6) is 0 Å². The minimum Gasteiger partial charge on any atom is -0.378 e. The van der Waals surface area contributed by atoms with Crippen molar-refractivity contribution in [2.75, 3.05) is 32.1 Å². The first kappa shape index (κ1) is 22.1. The van der Waals surface area contributed by atoms with Gasteiger partial charge in [0.15, 0.2) is 0 Å². The molecule has 1 heterocycles. The Morgan fingerprint density at radius 3 is 2.30 bits per heavy atom. The first-order valence-electron chi connectivity index (χ1n) is 10.1. The second-order valence-electron chi connectivity index (χ2n) is 7.71. The number of piperidine rings is 1. The molecule has 0 aliphatic carbocycles. The van der Waals surface area contributed by atoms with Gasteiger partial charge in [0.25, 0.3) is 0 Å². The first-order chi connectivity index (χ1) is 14.3. The van der Waals surface area contributed by atoms with Gasteiger partial charge in [-0.2, -0.15) is 4.31 Å². The number of benzene rings is 2. The maximum absolute atomic E-state index is 12.6. The SMILES string of the molecule is CN(C)c1ccc(CNC(=O)C2CCN(S(=O)(=O)C=Cc3ccccc3)CC2)cc1. The summed E-state index contributed by atoms with van der Waals surface area (Å²) in [5, 5.41) is 4.23. The van der Waals surface area contributed by atoms with Crippen molar-refractivity contribution < 1.29 is 13.2 Å². The Balaban J connectivity index is 1.48. The molecule has 0 aromatic heterocycles. The summed E-state index contributed by atoms with van der Waals surface area (Å²) in [7, 11) is 0.494. The minimum atomic E-state index is -3.48. The number of anilines is 1. The van der Waals surface area contributed by atoms with Gasteiger partial charge in [0.1, 0.15) is 0 Å². The number of nitrogens with one attached hydrogen (secondary N) is 1. The molecule has 7 heteroatoms. The van der Waals surface area contributed by atoms with Crippen molar-refractivity contribution in [2.24, 2.45) is 5.92 Å². The molecule has 1 aliphatic heterocycles. The van der Waals surface area contributed by atoms with Gasteiger partial charge in [0, 0.05) is 50.7 Å². The Morgan fingerprint density at radius 1 is 1.07 bits per heavy atom. The lowest BCUT2D eigenvalue weighted by atomic mass is 9.97. The molecule has 0 saturated carbocycles. The van der Waals surface area contributed by atoms with Gasteiger partial charge >= 0.3 is 0 Å². The average Bonchev–Trinajstić information content (AvgIpc) is 2.77. The third-order valence-corrected chi connectivity index (χ3v) is 6.90. The quantitative estimate of drug-likeness (QED) is 0.737. The molecule has 1 N–H and O–H groups in total. The number of sulfonamides is 1. The predicted molar refractivity (Wildman–Crippen MR) is 121 cm³/mol. The van der Waals surface area contributed by atoms with E-state index in [1.807, 2.05) is 73.6 Å². The smallest absolute Gasteiger partial charge is 0.236 e. The van der Waals surface area contributed by atoms with Crippen LogP contribution in [0.3, 0.4) is 0 Å². The van der Waals surface area contributed by atoms with Crippen LogP contribution >= 0.6 is 0 Å². The van der Waals surface area contributed by atoms with Crippen molar-refractivity contribution in [2.45, 2.75) is 19.4 Å². The first-order valence-corrected chi connectivity index (χ1v) is 11.6. The standard InChI is InChI=1S/C23H29N3O3S/c1-25(2)22-10-8-20(9-11-22)18-24-23(27)21-12-15-26(16-13-21)30(28,29)17-14-19-6-4-3-5-7-19/h3-11,14,17,21H,12-13,15-16,18H2,1-2H3,(H,24,27). The molecule has 30 heavy (non-hydrogen) atoms. The Kier molecular flexibility index (Phi) is 7.29. The monoisotopic (exact) mass is 427 g/mol. The molecule has 3 rings (SSSR count). The van der Waals surface area contributed by atoms with E-state index in [0.29, 0.717) is 32.5 Å². The van der Waals surface area contributed by atoms with Crippen LogP contribution in [0.1, 0.15) is 24.0 Å². The lowest BCUT2D eigenvalue weighted by Crippen LogP contribution is -2.42. The van der Waals surface area contributed by atoms with E-state index in [-0.39, 0.29) is 11.8 Å². The van der Waals surface area contributed by atoms with E-state index < -0.39 is 10.0 Å². The zero-order valence-electron chi connectivity index (χ0n) is 17.5. The maximum Gasteiger partial charge on any atom is 0.236 e. The van der Waals surface area contributed by atoms with Crippen molar-refractivity contribution in [3.63, 3.8) is 0 Å². The topological polar surface area (TPSA) is 69.7 Å². The number of rotatable bonds is 7. The largest absolute Gasteiger partial charge is 0.378 e. The van der Waals surface area contributed by atoms with E-state index in [1.54, 1.807) is 6.08 Å². The maximum atomic E-state index is 12.6. The molecule has 2 aromatic carbocycles. The van der Waals surface area contributed by atoms with Crippen LogP contribution in [0.15, 0.2) is 60.0 Å². The van der Waals surface area contributed by atoms with Gasteiger partial charge in [0.05, 0.1) is 0 Å². The lowest BCUT2D eigenvalue weighted by Gasteiger charge is -2.29. The molecule has 0 unspecified atom stereocenters. The van der Waals surface area contributed by atoms with E-state index in [4.69, 9.17) is 0 Å². The second kappa shape index (κ2) is 9.91. The number of carbonyl (C=O) groups excluding carboxylic acids is 1. The van der Waals surface area contributed by atoms with Crippen molar-refractivity contribution in [1.82, 2.24) is 9.62 Å². The zero-order valence-corrected chi connectivity index (χ0v) is 18.3. The van der Waals surface area contributed by atoms with Gasteiger partial charge in [-0.05, 0) is 42.2 Å². The van der Waals surface area contributed by atoms with E-state index in [9.17, 15) is 13.2 Å². The molecule has 0 bridgehead atoms. The van der Waals surface area contributed by atoms with E-state index in [0.717, 1.165) is 16.8 Å². The highest BCUT2D eigenvalue weighted by molar-refractivity contribution is 7.92. The fraction of sp³-hybridized carbons (Fsp3) is 0.348. The van der Waals surface area contributed by atoms with Gasteiger partial charge < -0.3 is 10.2 Å². The molecule has 1 saturated heterocycles. The average molecular weight is 428 g/mol. The van der Waals surface area contributed by atoms with Crippen LogP contribution in [0.4, 0.5) is 5.69 Å². The third kappa shape index (κ3) is 5.93. The molecular weight excluding hydrogens is 398 g/mol. The Hall–Kier alpha value is -2.64. The van der Waals surface area contributed by atoms with Gasteiger partial charge in [-0.1, -0.05) is 42.5 Å². The summed E-state index contributed by atoms with van der Waals surface area (Å²) >= 11 is 0. The summed E-state index contributed by atoms with van der Waals surface area (Å²) in [6.07, 6.45) is 2.67. The number of hydrogen-bond donors (Lipinski definition) is 1. The summed E-state index contributed by atoms with van der Waals surface area (Å²) in [6.45, 7) is 1.19. The minimum absolute atomic E-state index is 0.0106. The highest BCUT2D eigenvalue weighted by Gasteiger charge is 2.29. The molecule has 0 spiro atoms. The Morgan fingerprint density at radius 2 is 1.70 bits per heavy atom. The number of amides is 1. The normalized spacial score (nSPS) is 15.9. The molecular formula is C23H29N3O3S. The molecule has 2 aromatic rings. The molecule has 0 radical (unpaired) electrons. The van der Waals surface area contributed by atoms with Crippen LogP contribution in [0.25, 0.3) is 6.08 Å².